The molecule has 0 saturated carbocycles. The molecule has 1 saturated heterocycles. The first-order chi connectivity index (χ1) is 6.81. The molecule has 1 fully saturated rings. The Bertz CT molecular complexity index is 298. The fourth-order valence-corrected chi connectivity index (χ4v) is 2.00. The van der Waals surface area contributed by atoms with Gasteiger partial charge in [-0.3, -0.25) is 4.90 Å². The Labute approximate surface area is 83.5 Å². The first-order valence-corrected chi connectivity index (χ1v) is 5.08. The highest BCUT2D eigenvalue weighted by molar-refractivity contribution is 5.11. The number of hydrogen-bond donors (Lipinski definition) is 1. The molecule has 1 aromatic heterocycles. The van der Waals surface area contributed by atoms with Crippen LogP contribution in [0.4, 0.5) is 0 Å². The van der Waals surface area contributed by atoms with Crippen molar-refractivity contribution < 1.29 is 9.63 Å². The van der Waals surface area contributed by atoms with E-state index >= 15 is 0 Å². The molecule has 1 atom stereocenters. The van der Waals surface area contributed by atoms with Gasteiger partial charge in [-0.2, -0.15) is 0 Å². The van der Waals surface area contributed by atoms with Gasteiger partial charge in [0, 0.05) is 12.5 Å². The Kier molecular flexibility index (Phi) is 2.84. The van der Waals surface area contributed by atoms with Crippen molar-refractivity contribution in [1.82, 2.24) is 10.1 Å². The summed E-state index contributed by atoms with van der Waals surface area (Å²) in [6.45, 7) is 1.25. The molecule has 1 aliphatic heterocycles. The monoisotopic (exact) mass is 196 g/mol. The standard InChI is InChI=1S/C10H16N2O2/c1-12-5-2-3-10(12)9-7-8(4-6-13)14-11-9/h7,10,13H,2-6H2,1H3. The summed E-state index contributed by atoms with van der Waals surface area (Å²) in [5, 5.41) is 12.8. The van der Waals surface area contributed by atoms with Gasteiger partial charge in [0.1, 0.15) is 11.5 Å². The molecular weight excluding hydrogens is 180 g/mol. The normalized spacial score (nSPS) is 23.1. The average Bonchev–Trinajstić information content (AvgIpc) is 2.74. The molecule has 1 aliphatic rings. The number of aliphatic hydroxyl groups is 1. The fourth-order valence-electron chi connectivity index (χ4n) is 2.00. The predicted octanol–water partition coefficient (Wildman–Crippen LogP) is 0.976. The van der Waals surface area contributed by atoms with Gasteiger partial charge in [0.05, 0.1) is 12.6 Å². The molecule has 0 spiro atoms. The second-order valence-corrected chi connectivity index (χ2v) is 3.83. The summed E-state index contributed by atoms with van der Waals surface area (Å²) in [5.74, 6) is 0.780. The second kappa shape index (κ2) is 4.11. The van der Waals surface area contributed by atoms with Crippen LogP contribution in [0.1, 0.15) is 30.3 Å². The van der Waals surface area contributed by atoms with Gasteiger partial charge in [-0.25, -0.2) is 0 Å². The van der Waals surface area contributed by atoms with Crippen molar-refractivity contribution in [2.45, 2.75) is 25.3 Å². The Hall–Kier alpha value is -0.870. The van der Waals surface area contributed by atoms with Crippen molar-refractivity contribution in [1.29, 1.82) is 0 Å². The smallest absolute Gasteiger partial charge is 0.139 e. The summed E-state index contributed by atoms with van der Waals surface area (Å²) in [6.07, 6.45) is 2.94. The summed E-state index contributed by atoms with van der Waals surface area (Å²) >= 11 is 0. The summed E-state index contributed by atoms with van der Waals surface area (Å²) in [6, 6.07) is 2.37. The molecule has 0 aliphatic carbocycles. The van der Waals surface area contributed by atoms with Crippen molar-refractivity contribution in [3.8, 4) is 0 Å². The summed E-state index contributed by atoms with van der Waals surface area (Å²) in [5.41, 5.74) is 1.01. The van der Waals surface area contributed by atoms with Gasteiger partial charge >= 0.3 is 0 Å². The third-order valence-corrected chi connectivity index (χ3v) is 2.80. The van der Waals surface area contributed by atoms with Crippen LogP contribution >= 0.6 is 0 Å². The van der Waals surface area contributed by atoms with E-state index in [4.69, 9.17) is 9.63 Å². The van der Waals surface area contributed by atoms with E-state index in [1.165, 1.54) is 6.42 Å². The number of aromatic nitrogens is 1. The zero-order chi connectivity index (χ0) is 9.97. The van der Waals surface area contributed by atoms with Gasteiger partial charge in [0.2, 0.25) is 0 Å². The quantitative estimate of drug-likeness (QED) is 0.782. The fraction of sp³-hybridized carbons (Fsp3) is 0.700. The zero-order valence-corrected chi connectivity index (χ0v) is 8.44. The van der Waals surface area contributed by atoms with Crippen LogP contribution in [-0.2, 0) is 6.42 Å². The molecule has 1 unspecified atom stereocenters. The van der Waals surface area contributed by atoms with Crippen LogP contribution in [0, 0.1) is 0 Å². The van der Waals surface area contributed by atoms with Crippen LogP contribution in [0.25, 0.3) is 0 Å². The first kappa shape index (κ1) is 9.68. The second-order valence-electron chi connectivity index (χ2n) is 3.83. The topological polar surface area (TPSA) is 49.5 Å². The van der Waals surface area contributed by atoms with Crippen LogP contribution in [0.15, 0.2) is 10.6 Å². The highest BCUT2D eigenvalue weighted by Gasteiger charge is 2.25. The van der Waals surface area contributed by atoms with Crippen molar-refractivity contribution in [2.24, 2.45) is 0 Å². The van der Waals surface area contributed by atoms with E-state index in [-0.39, 0.29) is 6.61 Å². The maximum Gasteiger partial charge on any atom is 0.139 e. The number of rotatable bonds is 3. The summed E-state index contributed by atoms with van der Waals surface area (Å²) < 4.78 is 5.13. The van der Waals surface area contributed by atoms with Crippen LogP contribution < -0.4 is 0 Å². The highest BCUT2D eigenvalue weighted by Crippen LogP contribution is 2.29. The molecule has 1 N–H and O–H groups in total. The lowest BCUT2D eigenvalue weighted by atomic mass is 10.1. The molecule has 2 rings (SSSR count). The van der Waals surface area contributed by atoms with Crippen LogP contribution in [-0.4, -0.2) is 35.4 Å². The molecule has 0 aromatic carbocycles. The van der Waals surface area contributed by atoms with Crippen molar-refractivity contribution >= 4 is 0 Å². The number of hydrogen-bond acceptors (Lipinski definition) is 4. The van der Waals surface area contributed by atoms with E-state index in [0.717, 1.165) is 24.4 Å². The van der Waals surface area contributed by atoms with Crippen LogP contribution in [0.5, 0.6) is 0 Å². The van der Waals surface area contributed by atoms with Crippen molar-refractivity contribution in [3.63, 3.8) is 0 Å². The Balaban J connectivity index is 2.08. The molecule has 2 heterocycles. The minimum atomic E-state index is 0.120. The van der Waals surface area contributed by atoms with E-state index in [0.29, 0.717) is 12.5 Å². The predicted molar refractivity (Wildman–Crippen MR) is 51.9 cm³/mol. The summed E-state index contributed by atoms with van der Waals surface area (Å²) in [7, 11) is 2.11. The van der Waals surface area contributed by atoms with Crippen LogP contribution in [0.3, 0.4) is 0 Å². The number of likely N-dealkylation sites (tertiary alicyclic amines) is 1. The highest BCUT2D eigenvalue weighted by atomic mass is 16.5. The van der Waals surface area contributed by atoms with Crippen molar-refractivity contribution in [2.75, 3.05) is 20.2 Å². The molecule has 14 heavy (non-hydrogen) atoms. The van der Waals surface area contributed by atoms with Gasteiger partial charge in [-0.1, -0.05) is 5.16 Å². The lowest BCUT2D eigenvalue weighted by Gasteiger charge is -2.15. The first-order valence-electron chi connectivity index (χ1n) is 5.08. The Morgan fingerprint density at radius 1 is 1.71 bits per heavy atom. The van der Waals surface area contributed by atoms with E-state index in [1.807, 2.05) is 6.07 Å². The van der Waals surface area contributed by atoms with Gasteiger partial charge in [0.15, 0.2) is 0 Å². The Morgan fingerprint density at radius 3 is 3.21 bits per heavy atom. The zero-order valence-electron chi connectivity index (χ0n) is 8.44. The van der Waals surface area contributed by atoms with E-state index in [2.05, 4.69) is 17.1 Å². The minimum absolute atomic E-state index is 0.120. The Morgan fingerprint density at radius 2 is 2.57 bits per heavy atom. The van der Waals surface area contributed by atoms with Gasteiger partial charge in [-0.15, -0.1) is 0 Å². The molecule has 78 valence electrons. The number of aliphatic hydroxyl groups excluding tert-OH is 1. The van der Waals surface area contributed by atoms with E-state index in [9.17, 15) is 0 Å². The van der Waals surface area contributed by atoms with Crippen LogP contribution in [0.2, 0.25) is 0 Å². The molecule has 0 bridgehead atoms. The average molecular weight is 196 g/mol. The van der Waals surface area contributed by atoms with Gasteiger partial charge < -0.3 is 9.63 Å². The van der Waals surface area contributed by atoms with Gasteiger partial charge in [0.25, 0.3) is 0 Å². The maximum absolute atomic E-state index is 8.75. The lowest BCUT2D eigenvalue weighted by molar-refractivity contribution is 0.270. The maximum atomic E-state index is 8.75. The third-order valence-electron chi connectivity index (χ3n) is 2.80. The lowest BCUT2D eigenvalue weighted by Crippen LogP contribution is -2.17. The van der Waals surface area contributed by atoms with Crippen molar-refractivity contribution in [3.05, 3.63) is 17.5 Å². The van der Waals surface area contributed by atoms with E-state index in [1.54, 1.807) is 0 Å². The van der Waals surface area contributed by atoms with E-state index < -0.39 is 0 Å². The third kappa shape index (κ3) is 1.81. The molecule has 0 amide bonds. The molecule has 1 aromatic rings. The summed E-state index contributed by atoms with van der Waals surface area (Å²) in [4.78, 5) is 2.29. The largest absolute Gasteiger partial charge is 0.396 e. The van der Waals surface area contributed by atoms with Gasteiger partial charge in [-0.05, 0) is 26.4 Å². The SMILES string of the molecule is CN1CCCC1c1cc(CCO)on1. The molecular formula is C10H16N2O2. The minimum Gasteiger partial charge on any atom is -0.396 e. The molecule has 0 radical (unpaired) electrons. The molecule has 4 heteroatoms. The molecule has 4 nitrogen and oxygen atoms in total. The number of nitrogens with zero attached hydrogens (tertiary/aromatic N) is 2.